The highest BCUT2D eigenvalue weighted by molar-refractivity contribution is 5.83. The topological polar surface area (TPSA) is 0 Å². The first-order valence-corrected chi connectivity index (χ1v) is 7.63. The molecule has 0 fully saturated rings. The fourth-order valence-corrected chi connectivity index (χ4v) is 2.83. The van der Waals surface area contributed by atoms with Crippen molar-refractivity contribution in [1.29, 1.82) is 0 Å². The second-order valence-electron chi connectivity index (χ2n) is 6.48. The molecule has 0 saturated carbocycles. The smallest absolute Gasteiger partial charge is 0.00691 e. The van der Waals surface area contributed by atoms with Crippen LogP contribution in [0.25, 0.3) is 5.57 Å². The number of allylic oxidation sites excluding steroid dienone is 5. The monoisotopic (exact) mass is 266 g/mol. The fraction of sp³-hybridized carbons (Fsp3) is 0.400. The Hall–Kier alpha value is -1.56. The van der Waals surface area contributed by atoms with Crippen LogP contribution in [0.2, 0.25) is 0 Å². The number of hydrogen-bond donors (Lipinski definition) is 0. The molecule has 0 heteroatoms. The van der Waals surface area contributed by atoms with Gasteiger partial charge in [-0.25, -0.2) is 0 Å². The van der Waals surface area contributed by atoms with Crippen LogP contribution in [0.3, 0.4) is 0 Å². The summed E-state index contributed by atoms with van der Waals surface area (Å²) >= 11 is 0. The predicted octanol–water partition coefficient (Wildman–Crippen LogP) is 6.08. The summed E-state index contributed by atoms with van der Waals surface area (Å²) in [4.78, 5) is 0. The first-order chi connectivity index (χ1) is 9.40. The third kappa shape index (κ3) is 2.95. The summed E-state index contributed by atoms with van der Waals surface area (Å²) in [5.41, 5.74) is 6.65. The van der Waals surface area contributed by atoms with Gasteiger partial charge in [-0.15, -0.1) is 0 Å². The lowest BCUT2D eigenvalue weighted by atomic mass is 9.84. The van der Waals surface area contributed by atoms with Crippen LogP contribution in [-0.4, -0.2) is 0 Å². The van der Waals surface area contributed by atoms with Crippen LogP contribution in [0.4, 0.5) is 0 Å². The summed E-state index contributed by atoms with van der Waals surface area (Å²) in [6.45, 7) is 15.5. The standard InChI is InChI=1S/C20H26/c1-13(2)18-10-9-17(12-19(18)14(3)4)20-11-15(5)7-8-16(20)6/h7-15H,6H2,1-5H3. The minimum atomic E-state index is 0.489. The summed E-state index contributed by atoms with van der Waals surface area (Å²) in [6, 6.07) is 6.92. The Bertz CT molecular complexity index is 568. The van der Waals surface area contributed by atoms with Crippen LogP contribution in [0.1, 0.15) is 63.1 Å². The maximum atomic E-state index is 4.18. The molecule has 0 N–H and O–H groups in total. The molecule has 0 aromatic heterocycles. The highest BCUT2D eigenvalue weighted by atomic mass is 14.2. The maximum absolute atomic E-state index is 4.18. The first-order valence-electron chi connectivity index (χ1n) is 7.63. The summed E-state index contributed by atoms with van der Waals surface area (Å²) in [5, 5.41) is 0. The van der Waals surface area contributed by atoms with Gasteiger partial charge in [0.25, 0.3) is 0 Å². The summed E-state index contributed by atoms with van der Waals surface area (Å²) < 4.78 is 0. The minimum absolute atomic E-state index is 0.489. The van der Waals surface area contributed by atoms with E-state index < -0.39 is 0 Å². The Morgan fingerprint density at radius 2 is 1.65 bits per heavy atom. The van der Waals surface area contributed by atoms with E-state index in [1.54, 1.807) is 0 Å². The molecule has 1 aliphatic carbocycles. The van der Waals surface area contributed by atoms with Crippen LogP contribution < -0.4 is 0 Å². The van der Waals surface area contributed by atoms with E-state index >= 15 is 0 Å². The Morgan fingerprint density at radius 1 is 1.00 bits per heavy atom. The molecule has 0 aliphatic heterocycles. The number of hydrogen-bond acceptors (Lipinski definition) is 0. The van der Waals surface area contributed by atoms with Gasteiger partial charge in [0.2, 0.25) is 0 Å². The zero-order valence-corrected chi connectivity index (χ0v) is 13.4. The third-order valence-electron chi connectivity index (χ3n) is 4.02. The molecule has 1 aromatic rings. The van der Waals surface area contributed by atoms with Crippen LogP contribution in [-0.2, 0) is 0 Å². The van der Waals surface area contributed by atoms with Crippen molar-refractivity contribution in [2.45, 2.75) is 46.5 Å². The zero-order chi connectivity index (χ0) is 14.9. The summed E-state index contributed by atoms with van der Waals surface area (Å²) in [5.74, 6) is 1.62. The molecule has 1 aliphatic rings. The molecule has 106 valence electrons. The van der Waals surface area contributed by atoms with Crippen molar-refractivity contribution in [3.63, 3.8) is 0 Å². The van der Waals surface area contributed by atoms with E-state index in [0.717, 1.165) is 5.57 Å². The molecule has 0 amide bonds. The Kier molecular flexibility index (Phi) is 4.32. The average molecular weight is 266 g/mol. The van der Waals surface area contributed by atoms with Crippen LogP contribution in [0.5, 0.6) is 0 Å². The largest absolute Gasteiger partial charge is 0.0912 e. The van der Waals surface area contributed by atoms with E-state index in [9.17, 15) is 0 Å². The molecule has 0 nitrogen and oxygen atoms in total. The Labute approximate surface area is 123 Å². The van der Waals surface area contributed by atoms with Crippen molar-refractivity contribution in [3.8, 4) is 0 Å². The van der Waals surface area contributed by atoms with Crippen molar-refractivity contribution >= 4 is 5.57 Å². The molecule has 1 atom stereocenters. The van der Waals surface area contributed by atoms with Gasteiger partial charge in [-0.3, -0.25) is 0 Å². The maximum Gasteiger partial charge on any atom is -0.00691 e. The highest BCUT2D eigenvalue weighted by Crippen LogP contribution is 2.33. The van der Waals surface area contributed by atoms with Crippen molar-refractivity contribution in [2.24, 2.45) is 5.92 Å². The summed E-state index contributed by atoms with van der Waals surface area (Å²) in [7, 11) is 0. The van der Waals surface area contributed by atoms with E-state index in [0.29, 0.717) is 17.8 Å². The van der Waals surface area contributed by atoms with Gasteiger partial charge in [-0.05, 0) is 45.6 Å². The van der Waals surface area contributed by atoms with E-state index in [4.69, 9.17) is 0 Å². The van der Waals surface area contributed by atoms with E-state index in [2.05, 4.69) is 77.6 Å². The van der Waals surface area contributed by atoms with Gasteiger partial charge in [0.15, 0.2) is 0 Å². The number of rotatable bonds is 3. The molecule has 0 bridgehead atoms. The molecular formula is C20H26. The molecule has 0 saturated heterocycles. The van der Waals surface area contributed by atoms with Crippen LogP contribution in [0, 0.1) is 5.92 Å². The molecule has 0 heterocycles. The minimum Gasteiger partial charge on any atom is -0.0912 e. The third-order valence-corrected chi connectivity index (χ3v) is 4.02. The number of benzene rings is 1. The molecule has 20 heavy (non-hydrogen) atoms. The lowest BCUT2D eigenvalue weighted by Crippen LogP contribution is -2.02. The van der Waals surface area contributed by atoms with Crippen molar-refractivity contribution in [1.82, 2.24) is 0 Å². The zero-order valence-electron chi connectivity index (χ0n) is 13.4. The van der Waals surface area contributed by atoms with E-state index in [1.807, 2.05) is 0 Å². The van der Waals surface area contributed by atoms with Crippen molar-refractivity contribution in [2.75, 3.05) is 0 Å². The molecule has 1 unspecified atom stereocenters. The molecule has 1 aromatic carbocycles. The SMILES string of the molecule is C=C1C=CC(C)C=C1c1ccc(C(C)C)c(C(C)C)c1. The molecule has 2 rings (SSSR count). The van der Waals surface area contributed by atoms with Gasteiger partial charge in [0.05, 0.1) is 0 Å². The van der Waals surface area contributed by atoms with Gasteiger partial charge in [0, 0.05) is 0 Å². The second-order valence-corrected chi connectivity index (χ2v) is 6.48. The van der Waals surface area contributed by atoms with Gasteiger partial charge < -0.3 is 0 Å². The highest BCUT2D eigenvalue weighted by Gasteiger charge is 2.15. The Balaban J connectivity index is 2.49. The predicted molar refractivity (Wildman–Crippen MR) is 90.0 cm³/mol. The van der Waals surface area contributed by atoms with Crippen LogP contribution in [0.15, 0.2) is 48.6 Å². The van der Waals surface area contributed by atoms with Crippen molar-refractivity contribution < 1.29 is 0 Å². The average Bonchev–Trinajstić information content (AvgIpc) is 2.40. The lowest BCUT2D eigenvalue weighted by molar-refractivity contribution is 0.789. The summed E-state index contributed by atoms with van der Waals surface area (Å²) in [6.07, 6.45) is 6.67. The first kappa shape index (κ1) is 14.8. The van der Waals surface area contributed by atoms with E-state index in [1.165, 1.54) is 22.3 Å². The molecule has 0 radical (unpaired) electrons. The Morgan fingerprint density at radius 3 is 2.25 bits per heavy atom. The van der Waals surface area contributed by atoms with Gasteiger partial charge in [0.1, 0.15) is 0 Å². The lowest BCUT2D eigenvalue weighted by Gasteiger charge is -2.20. The van der Waals surface area contributed by atoms with Gasteiger partial charge >= 0.3 is 0 Å². The van der Waals surface area contributed by atoms with Crippen molar-refractivity contribution in [3.05, 3.63) is 65.3 Å². The van der Waals surface area contributed by atoms with Gasteiger partial charge in [-0.1, -0.05) is 77.6 Å². The quantitative estimate of drug-likeness (QED) is 0.622. The van der Waals surface area contributed by atoms with Crippen LogP contribution >= 0.6 is 0 Å². The molecule has 0 spiro atoms. The van der Waals surface area contributed by atoms with Gasteiger partial charge in [-0.2, -0.15) is 0 Å². The fourth-order valence-electron chi connectivity index (χ4n) is 2.83. The molecular weight excluding hydrogens is 240 g/mol. The van der Waals surface area contributed by atoms with E-state index in [-0.39, 0.29) is 0 Å². The second kappa shape index (κ2) is 5.83. The normalized spacial score (nSPS) is 18.9.